The second-order valence-corrected chi connectivity index (χ2v) is 4.58. The van der Waals surface area contributed by atoms with E-state index in [4.69, 9.17) is 16.3 Å². The van der Waals surface area contributed by atoms with Gasteiger partial charge in [-0.05, 0) is 43.2 Å². The summed E-state index contributed by atoms with van der Waals surface area (Å²) in [5.74, 6) is 1.42. The summed E-state index contributed by atoms with van der Waals surface area (Å²) < 4.78 is 5.77. The van der Waals surface area contributed by atoms with Crippen LogP contribution in [0, 0.1) is 13.8 Å². The molecule has 0 atom stereocenters. The van der Waals surface area contributed by atoms with Crippen molar-refractivity contribution in [3.8, 4) is 11.5 Å². The molecule has 0 aliphatic rings. The zero-order valence-electron chi connectivity index (χ0n) is 10.2. The lowest BCUT2D eigenvalue weighted by molar-refractivity contribution is 0.112. The lowest BCUT2D eigenvalue weighted by atomic mass is 10.1. The fourth-order valence-corrected chi connectivity index (χ4v) is 1.83. The molecule has 0 aliphatic carbocycles. The van der Waals surface area contributed by atoms with E-state index in [0.29, 0.717) is 16.3 Å². The zero-order valence-corrected chi connectivity index (χ0v) is 11.0. The van der Waals surface area contributed by atoms with Crippen molar-refractivity contribution in [1.29, 1.82) is 0 Å². The lowest BCUT2D eigenvalue weighted by Crippen LogP contribution is -1.90. The SMILES string of the molecule is Cc1ccc(C)c(Oc2ccc(C=O)c(Cl)c2)c1. The van der Waals surface area contributed by atoms with Crippen molar-refractivity contribution < 1.29 is 9.53 Å². The van der Waals surface area contributed by atoms with Gasteiger partial charge in [-0.25, -0.2) is 0 Å². The topological polar surface area (TPSA) is 26.3 Å². The molecule has 0 fully saturated rings. The third kappa shape index (κ3) is 2.71. The van der Waals surface area contributed by atoms with Gasteiger partial charge < -0.3 is 4.74 Å². The molecule has 0 radical (unpaired) electrons. The number of hydrogen-bond acceptors (Lipinski definition) is 2. The van der Waals surface area contributed by atoms with Crippen molar-refractivity contribution in [2.24, 2.45) is 0 Å². The van der Waals surface area contributed by atoms with Crippen LogP contribution in [0.1, 0.15) is 21.5 Å². The van der Waals surface area contributed by atoms with Gasteiger partial charge in [-0.1, -0.05) is 23.7 Å². The molecule has 0 N–H and O–H groups in total. The first kappa shape index (κ1) is 12.7. The molecule has 0 saturated carbocycles. The Morgan fingerprint density at radius 1 is 1.11 bits per heavy atom. The van der Waals surface area contributed by atoms with E-state index >= 15 is 0 Å². The predicted octanol–water partition coefficient (Wildman–Crippen LogP) is 4.56. The van der Waals surface area contributed by atoms with Crippen LogP contribution in [-0.2, 0) is 0 Å². The van der Waals surface area contributed by atoms with Crippen LogP contribution in [0.15, 0.2) is 36.4 Å². The minimum Gasteiger partial charge on any atom is -0.457 e. The maximum atomic E-state index is 10.7. The van der Waals surface area contributed by atoms with Crippen LogP contribution < -0.4 is 4.74 Å². The van der Waals surface area contributed by atoms with Crippen LogP contribution >= 0.6 is 11.6 Å². The van der Waals surface area contributed by atoms with Gasteiger partial charge in [-0.15, -0.1) is 0 Å². The second-order valence-electron chi connectivity index (χ2n) is 4.17. The molecule has 0 amide bonds. The summed E-state index contributed by atoms with van der Waals surface area (Å²) >= 11 is 5.96. The summed E-state index contributed by atoms with van der Waals surface area (Å²) in [5.41, 5.74) is 2.65. The van der Waals surface area contributed by atoms with Crippen LogP contribution in [0.25, 0.3) is 0 Å². The summed E-state index contributed by atoms with van der Waals surface area (Å²) in [6, 6.07) is 11.0. The highest BCUT2D eigenvalue weighted by atomic mass is 35.5. The fourth-order valence-electron chi connectivity index (χ4n) is 1.61. The van der Waals surface area contributed by atoms with Gasteiger partial charge in [-0.2, -0.15) is 0 Å². The molecule has 18 heavy (non-hydrogen) atoms. The predicted molar refractivity (Wildman–Crippen MR) is 72.8 cm³/mol. The zero-order chi connectivity index (χ0) is 13.1. The number of ether oxygens (including phenoxy) is 1. The summed E-state index contributed by atoms with van der Waals surface area (Å²) in [6.07, 6.45) is 0.726. The van der Waals surface area contributed by atoms with Crippen molar-refractivity contribution >= 4 is 17.9 Å². The Morgan fingerprint density at radius 3 is 2.56 bits per heavy atom. The molecular weight excluding hydrogens is 248 g/mol. The Balaban J connectivity index is 2.31. The summed E-state index contributed by atoms with van der Waals surface area (Å²) in [5, 5.41) is 0.396. The number of aldehydes is 1. The maximum Gasteiger partial charge on any atom is 0.151 e. The number of carbonyl (C=O) groups is 1. The third-order valence-corrected chi connectivity index (χ3v) is 3.00. The van der Waals surface area contributed by atoms with Crippen molar-refractivity contribution in [1.82, 2.24) is 0 Å². The van der Waals surface area contributed by atoms with Crippen molar-refractivity contribution in [3.63, 3.8) is 0 Å². The Bertz CT molecular complexity index is 591. The first-order valence-corrected chi connectivity index (χ1v) is 5.98. The number of carbonyl (C=O) groups excluding carboxylic acids is 1. The van der Waals surface area contributed by atoms with Crippen LogP contribution in [0.3, 0.4) is 0 Å². The molecule has 2 nitrogen and oxygen atoms in total. The molecule has 0 aliphatic heterocycles. The van der Waals surface area contributed by atoms with E-state index in [1.165, 1.54) is 0 Å². The first-order valence-electron chi connectivity index (χ1n) is 5.60. The fraction of sp³-hybridized carbons (Fsp3) is 0.133. The number of halogens is 1. The van der Waals surface area contributed by atoms with Gasteiger partial charge in [0, 0.05) is 11.6 Å². The Hall–Kier alpha value is -1.80. The van der Waals surface area contributed by atoms with Crippen LogP contribution in [0.4, 0.5) is 0 Å². The Labute approximate surface area is 111 Å². The highest BCUT2D eigenvalue weighted by molar-refractivity contribution is 6.33. The van der Waals surface area contributed by atoms with E-state index in [2.05, 4.69) is 0 Å². The van der Waals surface area contributed by atoms with Gasteiger partial charge in [0.05, 0.1) is 5.02 Å². The summed E-state index contributed by atoms with van der Waals surface area (Å²) in [6.45, 7) is 3.99. The molecule has 2 rings (SSSR count). The number of benzene rings is 2. The quantitative estimate of drug-likeness (QED) is 0.756. The largest absolute Gasteiger partial charge is 0.457 e. The van der Waals surface area contributed by atoms with Gasteiger partial charge in [0.25, 0.3) is 0 Å². The molecule has 0 heterocycles. The van der Waals surface area contributed by atoms with Gasteiger partial charge in [0.2, 0.25) is 0 Å². The van der Waals surface area contributed by atoms with Crippen LogP contribution in [0.5, 0.6) is 11.5 Å². The standard InChI is InChI=1S/C15H13ClO2/c1-10-3-4-11(2)15(7-10)18-13-6-5-12(9-17)14(16)8-13/h3-9H,1-2H3. The normalized spacial score (nSPS) is 10.2. The Morgan fingerprint density at radius 2 is 1.89 bits per heavy atom. The first-order chi connectivity index (χ1) is 8.60. The smallest absolute Gasteiger partial charge is 0.151 e. The van der Waals surface area contributed by atoms with Gasteiger partial charge in [0.15, 0.2) is 6.29 Å². The minimum atomic E-state index is 0.396. The maximum absolute atomic E-state index is 10.7. The molecule has 2 aromatic rings. The molecule has 0 unspecified atom stereocenters. The number of rotatable bonds is 3. The van der Waals surface area contributed by atoms with Crippen LogP contribution in [-0.4, -0.2) is 6.29 Å². The average Bonchev–Trinajstić information content (AvgIpc) is 2.34. The molecule has 0 bridgehead atoms. The van der Waals surface area contributed by atoms with Gasteiger partial charge in [0.1, 0.15) is 11.5 Å². The molecule has 2 aromatic carbocycles. The van der Waals surface area contributed by atoms with E-state index in [-0.39, 0.29) is 0 Å². The van der Waals surface area contributed by atoms with Crippen LogP contribution in [0.2, 0.25) is 5.02 Å². The van der Waals surface area contributed by atoms with E-state index in [9.17, 15) is 4.79 Å². The monoisotopic (exact) mass is 260 g/mol. The van der Waals surface area contributed by atoms with E-state index < -0.39 is 0 Å². The van der Waals surface area contributed by atoms with Crippen molar-refractivity contribution in [3.05, 3.63) is 58.1 Å². The molecule has 0 saturated heterocycles. The minimum absolute atomic E-state index is 0.396. The van der Waals surface area contributed by atoms with Gasteiger partial charge >= 0.3 is 0 Å². The summed E-state index contributed by atoms with van der Waals surface area (Å²) in [7, 11) is 0. The molecular formula is C15H13ClO2. The summed E-state index contributed by atoms with van der Waals surface area (Å²) in [4.78, 5) is 10.7. The van der Waals surface area contributed by atoms with Crippen molar-refractivity contribution in [2.45, 2.75) is 13.8 Å². The average molecular weight is 261 g/mol. The molecule has 3 heteroatoms. The molecule has 0 spiro atoms. The van der Waals surface area contributed by atoms with Gasteiger partial charge in [-0.3, -0.25) is 4.79 Å². The Kier molecular flexibility index (Phi) is 3.68. The number of hydrogen-bond donors (Lipinski definition) is 0. The second kappa shape index (κ2) is 5.23. The van der Waals surface area contributed by atoms with Crippen molar-refractivity contribution in [2.75, 3.05) is 0 Å². The number of aryl methyl sites for hydroxylation is 2. The molecule has 0 aromatic heterocycles. The molecule has 92 valence electrons. The lowest BCUT2D eigenvalue weighted by Gasteiger charge is -2.10. The highest BCUT2D eigenvalue weighted by Crippen LogP contribution is 2.28. The van der Waals surface area contributed by atoms with E-state index in [1.807, 2.05) is 32.0 Å². The highest BCUT2D eigenvalue weighted by Gasteiger charge is 2.05. The van der Waals surface area contributed by atoms with E-state index in [1.54, 1.807) is 18.2 Å². The third-order valence-electron chi connectivity index (χ3n) is 2.67. The van der Waals surface area contributed by atoms with E-state index in [0.717, 1.165) is 23.2 Å².